The highest BCUT2D eigenvalue weighted by Crippen LogP contribution is 2.32. The van der Waals surface area contributed by atoms with E-state index in [9.17, 15) is 9.59 Å². The SMILES string of the molecule is CCC(C)N(CC(=O)N(Cc1ccco1)Cc1cccn1C)C(=O)C1CC1. The van der Waals surface area contributed by atoms with E-state index in [1.807, 2.05) is 55.9 Å². The molecule has 27 heavy (non-hydrogen) atoms. The number of rotatable bonds is 9. The third kappa shape index (κ3) is 4.81. The van der Waals surface area contributed by atoms with Gasteiger partial charge in [0.25, 0.3) is 0 Å². The number of amides is 2. The van der Waals surface area contributed by atoms with Crippen LogP contribution in [0, 0.1) is 5.92 Å². The zero-order valence-electron chi connectivity index (χ0n) is 16.4. The summed E-state index contributed by atoms with van der Waals surface area (Å²) in [5.74, 6) is 0.913. The molecule has 2 amide bonds. The number of hydrogen-bond donors (Lipinski definition) is 0. The largest absolute Gasteiger partial charge is 0.467 e. The summed E-state index contributed by atoms with van der Waals surface area (Å²) in [6.07, 6.45) is 6.30. The highest BCUT2D eigenvalue weighted by atomic mass is 16.3. The van der Waals surface area contributed by atoms with Gasteiger partial charge in [-0.1, -0.05) is 6.92 Å². The van der Waals surface area contributed by atoms with Gasteiger partial charge in [0.05, 0.1) is 19.4 Å². The lowest BCUT2D eigenvalue weighted by Gasteiger charge is -2.31. The molecule has 146 valence electrons. The van der Waals surface area contributed by atoms with Crippen LogP contribution >= 0.6 is 0 Å². The summed E-state index contributed by atoms with van der Waals surface area (Å²) in [6.45, 7) is 5.06. The van der Waals surface area contributed by atoms with E-state index in [1.165, 1.54) is 0 Å². The van der Waals surface area contributed by atoms with Gasteiger partial charge >= 0.3 is 0 Å². The Morgan fingerprint density at radius 3 is 2.59 bits per heavy atom. The van der Waals surface area contributed by atoms with Crippen molar-refractivity contribution in [3.8, 4) is 0 Å². The molecule has 0 N–H and O–H groups in total. The minimum absolute atomic E-state index is 0.0538. The summed E-state index contributed by atoms with van der Waals surface area (Å²) in [6, 6.07) is 7.72. The van der Waals surface area contributed by atoms with Crippen molar-refractivity contribution in [2.45, 2.75) is 52.2 Å². The van der Waals surface area contributed by atoms with Gasteiger partial charge in [0, 0.05) is 30.9 Å². The smallest absolute Gasteiger partial charge is 0.242 e. The molecule has 3 rings (SSSR count). The molecule has 2 heterocycles. The molecule has 1 aliphatic rings. The standard InChI is InChI=1S/C21H29N3O3/c1-4-16(2)24(21(26)17-9-10-17)15-20(25)23(14-19-8-6-12-27-19)13-18-7-5-11-22(18)3/h5-8,11-12,16-17H,4,9-10,13-15H2,1-3H3. The van der Waals surface area contributed by atoms with Gasteiger partial charge in [0.15, 0.2) is 0 Å². The molecule has 1 unspecified atom stereocenters. The van der Waals surface area contributed by atoms with Crippen molar-refractivity contribution < 1.29 is 14.0 Å². The van der Waals surface area contributed by atoms with Gasteiger partial charge in [-0.15, -0.1) is 0 Å². The Morgan fingerprint density at radius 1 is 1.26 bits per heavy atom. The molecule has 6 nitrogen and oxygen atoms in total. The molecule has 1 aliphatic carbocycles. The zero-order valence-corrected chi connectivity index (χ0v) is 16.4. The van der Waals surface area contributed by atoms with Gasteiger partial charge in [-0.05, 0) is 50.5 Å². The highest BCUT2D eigenvalue weighted by Gasteiger charge is 2.36. The van der Waals surface area contributed by atoms with Crippen LogP contribution in [0.25, 0.3) is 0 Å². The number of nitrogens with zero attached hydrogens (tertiary/aromatic N) is 3. The van der Waals surface area contributed by atoms with Crippen LogP contribution in [0.3, 0.4) is 0 Å². The second-order valence-electron chi connectivity index (χ2n) is 7.44. The van der Waals surface area contributed by atoms with Gasteiger partial charge < -0.3 is 18.8 Å². The van der Waals surface area contributed by atoms with Crippen LogP contribution in [-0.2, 0) is 29.7 Å². The van der Waals surface area contributed by atoms with E-state index in [0.29, 0.717) is 13.1 Å². The summed E-state index contributed by atoms with van der Waals surface area (Å²) in [5, 5.41) is 0. The maximum Gasteiger partial charge on any atom is 0.242 e. The van der Waals surface area contributed by atoms with E-state index >= 15 is 0 Å². The first-order valence-electron chi connectivity index (χ1n) is 9.70. The van der Waals surface area contributed by atoms with Crippen LogP contribution in [0.5, 0.6) is 0 Å². The maximum atomic E-state index is 13.2. The minimum atomic E-state index is -0.0538. The number of hydrogen-bond acceptors (Lipinski definition) is 3. The Kier molecular flexibility index (Phi) is 6.04. The molecular weight excluding hydrogens is 342 g/mol. The maximum absolute atomic E-state index is 13.2. The van der Waals surface area contributed by atoms with Crippen molar-refractivity contribution in [2.75, 3.05) is 6.54 Å². The lowest BCUT2D eigenvalue weighted by atomic mass is 10.2. The Hall–Kier alpha value is -2.50. The van der Waals surface area contributed by atoms with Crippen LogP contribution in [0.4, 0.5) is 0 Å². The quantitative estimate of drug-likeness (QED) is 0.680. The number of aryl methyl sites for hydroxylation is 1. The van der Waals surface area contributed by atoms with Crippen LogP contribution in [0.1, 0.15) is 44.6 Å². The molecule has 0 radical (unpaired) electrons. The second-order valence-corrected chi connectivity index (χ2v) is 7.44. The Labute approximate surface area is 160 Å². The summed E-state index contributed by atoms with van der Waals surface area (Å²) >= 11 is 0. The van der Waals surface area contributed by atoms with Crippen molar-refractivity contribution in [2.24, 2.45) is 13.0 Å². The van der Waals surface area contributed by atoms with Crippen LogP contribution in [0.2, 0.25) is 0 Å². The highest BCUT2D eigenvalue weighted by molar-refractivity contribution is 5.87. The average Bonchev–Trinajstić information content (AvgIpc) is 3.25. The first-order valence-corrected chi connectivity index (χ1v) is 9.70. The number of aromatic nitrogens is 1. The summed E-state index contributed by atoms with van der Waals surface area (Å²) in [4.78, 5) is 29.4. The minimum Gasteiger partial charge on any atom is -0.467 e. The predicted molar refractivity (Wildman–Crippen MR) is 103 cm³/mol. The summed E-state index contributed by atoms with van der Waals surface area (Å²) in [7, 11) is 1.97. The first kappa shape index (κ1) is 19.3. The van der Waals surface area contributed by atoms with Crippen LogP contribution < -0.4 is 0 Å². The van der Waals surface area contributed by atoms with Gasteiger partial charge in [0.2, 0.25) is 11.8 Å². The fourth-order valence-electron chi connectivity index (χ4n) is 3.16. The molecule has 0 aromatic carbocycles. The van der Waals surface area contributed by atoms with Gasteiger partial charge in [0.1, 0.15) is 12.3 Å². The van der Waals surface area contributed by atoms with E-state index in [0.717, 1.165) is 30.7 Å². The third-order valence-electron chi connectivity index (χ3n) is 5.32. The predicted octanol–water partition coefficient (Wildman–Crippen LogP) is 3.18. The van der Waals surface area contributed by atoms with E-state index in [-0.39, 0.29) is 30.3 Å². The molecule has 0 aliphatic heterocycles. The molecule has 0 bridgehead atoms. The Morgan fingerprint density at radius 2 is 2.04 bits per heavy atom. The van der Waals surface area contributed by atoms with E-state index in [4.69, 9.17) is 4.42 Å². The molecule has 2 aromatic heterocycles. The Balaban J connectivity index is 1.75. The topological polar surface area (TPSA) is 58.7 Å². The normalized spacial score (nSPS) is 14.8. The lowest BCUT2D eigenvalue weighted by Crippen LogP contribution is -2.46. The van der Waals surface area contributed by atoms with Crippen LogP contribution in [0.15, 0.2) is 41.1 Å². The van der Waals surface area contributed by atoms with Crippen molar-refractivity contribution in [3.05, 3.63) is 48.2 Å². The van der Waals surface area contributed by atoms with Crippen molar-refractivity contribution >= 4 is 11.8 Å². The van der Waals surface area contributed by atoms with Gasteiger partial charge in [-0.25, -0.2) is 0 Å². The summed E-state index contributed by atoms with van der Waals surface area (Å²) < 4.78 is 7.46. The van der Waals surface area contributed by atoms with Crippen molar-refractivity contribution in [1.82, 2.24) is 14.4 Å². The molecular formula is C21H29N3O3. The molecule has 2 aromatic rings. The molecule has 6 heteroatoms. The first-order chi connectivity index (χ1) is 13.0. The molecule has 0 spiro atoms. The monoisotopic (exact) mass is 371 g/mol. The molecule has 0 saturated heterocycles. The zero-order chi connectivity index (χ0) is 19.4. The molecule has 1 atom stereocenters. The van der Waals surface area contributed by atoms with Crippen molar-refractivity contribution in [3.63, 3.8) is 0 Å². The third-order valence-corrected chi connectivity index (χ3v) is 5.32. The molecule has 1 fully saturated rings. The fourth-order valence-corrected chi connectivity index (χ4v) is 3.16. The summed E-state index contributed by atoms with van der Waals surface area (Å²) in [5.41, 5.74) is 1.04. The van der Waals surface area contributed by atoms with E-state index in [2.05, 4.69) is 0 Å². The Bertz CT molecular complexity index is 761. The number of furan rings is 1. The number of carbonyl (C=O) groups is 2. The van der Waals surface area contributed by atoms with E-state index in [1.54, 1.807) is 16.1 Å². The van der Waals surface area contributed by atoms with Crippen molar-refractivity contribution in [1.29, 1.82) is 0 Å². The van der Waals surface area contributed by atoms with E-state index < -0.39 is 0 Å². The lowest BCUT2D eigenvalue weighted by molar-refractivity contribution is -0.144. The van der Waals surface area contributed by atoms with Gasteiger partial charge in [-0.2, -0.15) is 0 Å². The average molecular weight is 371 g/mol. The van der Waals surface area contributed by atoms with Crippen LogP contribution in [-0.4, -0.2) is 38.8 Å². The molecule has 1 saturated carbocycles. The number of carbonyl (C=O) groups excluding carboxylic acids is 2. The second kappa shape index (κ2) is 8.46. The fraction of sp³-hybridized carbons (Fsp3) is 0.524. The van der Waals surface area contributed by atoms with Gasteiger partial charge in [-0.3, -0.25) is 9.59 Å².